The summed E-state index contributed by atoms with van der Waals surface area (Å²) in [6.45, 7) is 6.57. The van der Waals surface area contributed by atoms with Crippen molar-refractivity contribution in [3.63, 3.8) is 0 Å². The van der Waals surface area contributed by atoms with Crippen molar-refractivity contribution in [2.24, 2.45) is 0 Å². The molecule has 0 N–H and O–H groups in total. The zero-order valence-corrected chi connectivity index (χ0v) is 12.8. The molecule has 1 aromatic rings. The van der Waals surface area contributed by atoms with Crippen LogP contribution in [0.4, 0.5) is 0 Å². The minimum Gasteiger partial charge on any atom is -0.297 e. The lowest BCUT2D eigenvalue weighted by Gasteiger charge is -2.26. The van der Waals surface area contributed by atoms with Crippen molar-refractivity contribution in [1.82, 2.24) is 4.90 Å². The number of nitrogens with zero attached hydrogens (tertiary/aromatic N) is 1. The van der Waals surface area contributed by atoms with Crippen molar-refractivity contribution < 1.29 is 0 Å². The lowest BCUT2D eigenvalue weighted by molar-refractivity contribution is 0.214. The molecule has 0 atom stereocenters. The van der Waals surface area contributed by atoms with E-state index in [2.05, 4.69) is 65.6 Å². The van der Waals surface area contributed by atoms with E-state index in [4.69, 9.17) is 11.6 Å². The van der Waals surface area contributed by atoms with E-state index in [1.807, 2.05) is 0 Å². The van der Waals surface area contributed by atoms with Gasteiger partial charge in [-0.05, 0) is 67.1 Å². The molecule has 0 saturated heterocycles. The molecule has 90 valence electrons. The van der Waals surface area contributed by atoms with Crippen LogP contribution in [-0.4, -0.2) is 23.4 Å². The molecule has 0 aromatic heterocycles. The molecule has 0 fully saturated rings. The summed E-state index contributed by atoms with van der Waals surface area (Å²) in [6, 6.07) is 9.31. The van der Waals surface area contributed by atoms with E-state index in [1.54, 1.807) is 0 Å². The lowest BCUT2D eigenvalue weighted by Crippen LogP contribution is -2.31. The number of alkyl halides is 1. The lowest BCUT2D eigenvalue weighted by atomic mass is 10.2. The first-order valence-electron chi connectivity index (χ1n) is 5.68. The summed E-state index contributed by atoms with van der Waals surface area (Å²) in [7, 11) is 0. The second-order valence-electron chi connectivity index (χ2n) is 4.23. The molecular weight excluding hydrogens is 333 g/mol. The Balaban J connectivity index is 2.57. The smallest absolute Gasteiger partial charge is 0.0236 e. The molecule has 0 aliphatic rings. The molecule has 1 nitrogen and oxygen atoms in total. The predicted molar refractivity (Wildman–Crippen MR) is 80.0 cm³/mol. The first kappa shape index (κ1) is 14.3. The Morgan fingerprint density at radius 2 is 1.88 bits per heavy atom. The maximum Gasteiger partial charge on any atom is 0.0236 e. The molecule has 0 unspecified atom stereocenters. The van der Waals surface area contributed by atoms with Crippen LogP contribution in [0.5, 0.6) is 0 Å². The summed E-state index contributed by atoms with van der Waals surface area (Å²) < 4.78 is 1.29. The van der Waals surface area contributed by atoms with Crippen molar-refractivity contribution >= 4 is 34.2 Å². The van der Waals surface area contributed by atoms with Gasteiger partial charge in [-0.1, -0.05) is 12.1 Å². The van der Waals surface area contributed by atoms with Crippen LogP contribution in [0.15, 0.2) is 24.3 Å². The quantitative estimate of drug-likeness (QED) is 0.550. The van der Waals surface area contributed by atoms with E-state index in [1.165, 1.54) is 9.13 Å². The van der Waals surface area contributed by atoms with Crippen LogP contribution in [0.2, 0.25) is 0 Å². The van der Waals surface area contributed by atoms with Crippen molar-refractivity contribution in [3.05, 3.63) is 33.4 Å². The molecule has 0 bridgehead atoms. The van der Waals surface area contributed by atoms with E-state index in [0.29, 0.717) is 6.04 Å². The van der Waals surface area contributed by atoms with E-state index in [0.717, 1.165) is 25.4 Å². The fourth-order valence-corrected chi connectivity index (χ4v) is 2.09. The van der Waals surface area contributed by atoms with Crippen LogP contribution in [0.25, 0.3) is 0 Å². The van der Waals surface area contributed by atoms with Crippen molar-refractivity contribution in [1.29, 1.82) is 0 Å². The van der Waals surface area contributed by atoms with Crippen LogP contribution in [-0.2, 0) is 6.54 Å². The van der Waals surface area contributed by atoms with Gasteiger partial charge in [0.05, 0.1) is 0 Å². The number of hydrogen-bond acceptors (Lipinski definition) is 1. The highest BCUT2D eigenvalue weighted by atomic mass is 127. The monoisotopic (exact) mass is 351 g/mol. The van der Waals surface area contributed by atoms with Gasteiger partial charge in [0, 0.05) is 22.0 Å². The second kappa shape index (κ2) is 7.51. The van der Waals surface area contributed by atoms with E-state index < -0.39 is 0 Å². The molecule has 0 aliphatic carbocycles. The normalized spacial score (nSPS) is 11.4. The Morgan fingerprint density at radius 1 is 1.25 bits per heavy atom. The molecule has 0 heterocycles. The van der Waals surface area contributed by atoms with Crippen LogP contribution in [0.1, 0.15) is 25.8 Å². The molecule has 1 aromatic carbocycles. The molecule has 16 heavy (non-hydrogen) atoms. The molecule has 3 heteroatoms. The Labute approximate surface area is 117 Å². The molecule has 0 amide bonds. The molecule has 0 radical (unpaired) electrons. The second-order valence-corrected chi connectivity index (χ2v) is 5.86. The summed E-state index contributed by atoms with van der Waals surface area (Å²) in [6.07, 6.45) is 1.06. The average Bonchev–Trinajstić information content (AvgIpc) is 2.26. The first-order chi connectivity index (χ1) is 7.63. The van der Waals surface area contributed by atoms with Gasteiger partial charge in [-0.25, -0.2) is 0 Å². The van der Waals surface area contributed by atoms with Crippen LogP contribution in [0, 0.1) is 3.57 Å². The van der Waals surface area contributed by atoms with Gasteiger partial charge < -0.3 is 0 Å². The average molecular weight is 352 g/mol. The van der Waals surface area contributed by atoms with E-state index in [-0.39, 0.29) is 0 Å². The standard InChI is InChI=1S/C13H19ClIN/c1-11(2)16(9-3-8-14)10-12-4-6-13(15)7-5-12/h4-7,11H,3,8-10H2,1-2H3. The van der Waals surface area contributed by atoms with Gasteiger partial charge in [0.1, 0.15) is 0 Å². The molecule has 1 rings (SSSR count). The first-order valence-corrected chi connectivity index (χ1v) is 7.29. The summed E-state index contributed by atoms with van der Waals surface area (Å²) >= 11 is 8.08. The largest absolute Gasteiger partial charge is 0.297 e. The van der Waals surface area contributed by atoms with Gasteiger partial charge >= 0.3 is 0 Å². The zero-order valence-electron chi connectivity index (χ0n) is 9.92. The maximum atomic E-state index is 5.75. The Morgan fingerprint density at radius 3 is 2.38 bits per heavy atom. The molecular formula is C13H19ClIN. The van der Waals surface area contributed by atoms with E-state index >= 15 is 0 Å². The van der Waals surface area contributed by atoms with Crippen LogP contribution >= 0.6 is 34.2 Å². The Hall–Kier alpha value is 0.200. The van der Waals surface area contributed by atoms with Crippen LogP contribution in [0.3, 0.4) is 0 Å². The Kier molecular flexibility index (Phi) is 6.70. The maximum absolute atomic E-state index is 5.75. The van der Waals surface area contributed by atoms with Crippen LogP contribution < -0.4 is 0 Å². The zero-order chi connectivity index (χ0) is 12.0. The number of hydrogen-bond donors (Lipinski definition) is 0. The topological polar surface area (TPSA) is 3.24 Å². The van der Waals surface area contributed by atoms with Crippen molar-refractivity contribution in [3.8, 4) is 0 Å². The summed E-state index contributed by atoms with van der Waals surface area (Å²) in [5, 5.41) is 0. The van der Waals surface area contributed by atoms with Gasteiger partial charge in [-0.15, -0.1) is 11.6 Å². The highest BCUT2D eigenvalue weighted by Gasteiger charge is 2.09. The van der Waals surface area contributed by atoms with Gasteiger partial charge in [0.2, 0.25) is 0 Å². The fraction of sp³-hybridized carbons (Fsp3) is 0.538. The molecule has 0 saturated carbocycles. The minimum absolute atomic E-state index is 0.572. The number of benzene rings is 1. The van der Waals surface area contributed by atoms with E-state index in [9.17, 15) is 0 Å². The summed E-state index contributed by atoms with van der Waals surface area (Å²) in [4.78, 5) is 2.46. The molecule has 0 aliphatic heterocycles. The third-order valence-electron chi connectivity index (χ3n) is 2.61. The summed E-state index contributed by atoms with van der Waals surface area (Å²) in [5.74, 6) is 0.746. The predicted octanol–water partition coefficient (Wildman–Crippen LogP) is 4.13. The third-order valence-corrected chi connectivity index (χ3v) is 3.59. The van der Waals surface area contributed by atoms with Gasteiger partial charge in [-0.2, -0.15) is 0 Å². The van der Waals surface area contributed by atoms with Crippen molar-refractivity contribution in [2.45, 2.75) is 32.9 Å². The Bertz CT molecular complexity index is 297. The highest BCUT2D eigenvalue weighted by Crippen LogP contribution is 2.11. The number of halogens is 2. The van der Waals surface area contributed by atoms with Crippen molar-refractivity contribution in [2.75, 3.05) is 12.4 Å². The fourth-order valence-electron chi connectivity index (χ4n) is 1.61. The van der Waals surface area contributed by atoms with Gasteiger partial charge in [0.15, 0.2) is 0 Å². The third kappa shape index (κ3) is 5.02. The van der Waals surface area contributed by atoms with Gasteiger partial charge in [0.25, 0.3) is 0 Å². The molecule has 0 spiro atoms. The minimum atomic E-state index is 0.572. The highest BCUT2D eigenvalue weighted by molar-refractivity contribution is 14.1. The summed E-state index contributed by atoms with van der Waals surface area (Å²) in [5.41, 5.74) is 1.38. The van der Waals surface area contributed by atoms with Gasteiger partial charge in [-0.3, -0.25) is 4.90 Å². The number of rotatable bonds is 6. The SMILES string of the molecule is CC(C)N(CCCCl)Cc1ccc(I)cc1.